The minimum Gasteiger partial charge on any atom is -0.334 e. The molecule has 2 heterocycles. The molecule has 0 radical (unpaired) electrons. The van der Waals surface area contributed by atoms with Crippen molar-refractivity contribution in [2.75, 3.05) is 20.1 Å². The van der Waals surface area contributed by atoms with Crippen LogP contribution in [0.1, 0.15) is 18.7 Å². The third-order valence-electron chi connectivity index (χ3n) is 3.88. The van der Waals surface area contributed by atoms with Crippen molar-refractivity contribution >= 4 is 11.6 Å². The highest BCUT2D eigenvalue weighted by Gasteiger charge is 2.19. The maximum Gasteiger partial charge on any atom is 0.257 e. The van der Waals surface area contributed by atoms with Gasteiger partial charge in [-0.05, 0) is 57.2 Å². The maximum atomic E-state index is 5.88. The van der Waals surface area contributed by atoms with E-state index < -0.39 is 0 Å². The van der Waals surface area contributed by atoms with Gasteiger partial charge in [0.2, 0.25) is 0 Å². The molecule has 21 heavy (non-hydrogen) atoms. The quantitative estimate of drug-likeness (QED) is 0.941. The molecule has 1 aliphatic rings. The van der Waals surface area contributed by atoms with E-state index in [4.69, 9.17) is 16.1 Å². The lowest BCUT2D eigenvalue weighted by atomic mass is 10.1. The second-order valence-corrected chi connectivity index (χ2v) is 5.86. The lowest BCUT2D eigenvalue weighted by Gasteiger charge is -2.30. The molecule has 3 rings (SSSR count). The number of benzene rings is 1. The predicted molar refractivity (Wildman–Crippen MR) is 82.1 cm³/mol. The summed E-state index contributed by atoms with van der Waals surface area (Å²) in [5, 5.41) is 8.15. The molecule has 1 aromatic heterocycles. The molecule has 112 valence electrons. The Morgan fingerprint density at radius 1 is 1.29 bits per heavy atom. The summed E-state index contributed by atoms with van der Waals surface area (Å²) in [5.74, 6) is 1.27. The van der Waals surface area contributed by atoms with Crippen LogP contribution in [0.3, 0.4) is 0 Å². The normalized spacial score (nSPS) is 16.5. The van der Waals surface area contributed by atoms with Crippen LogP contribution in [-0.2, 0) is 6.54 Å². The summed E-state index contributed by atoms with van der Waals surface area (Å²) in [5.41, 5.74) is 0.891. The molecule has 0 atom stereocenters. The Balaban J connectivity index is 1.65. The first kappa shape index (κ1) is 14.5. The lowest BCUT2D eigenvalue weighted by molar-refractivity contribution is 0.186. The molecule has 1 N–H and O–H groups in total. The Bertz CT molecular complexity index is 578. The fraction of sp³-hybridized carbons (Fsp3) is 0.467. The molecular weight excluding hydrogens is 288 g/mol. The van der Waals surface area contributed by atoms with Crippen molar-refractivity contribution in [3.05, 3.63) is 35.1 Å². The van der Waals surface area contributed by atoms with Crippen molar-refractivity contribution < 1.29 is 4.52 Å². The SMILES string of the molecule is CN(Cc1noc(-c2ccc(Cl)cc2)n1)C1CCNCC1. The van der Waals surface area contributed by atoms with Crippen molar-refractivity contribution in [2.45, 2.75) is 25.4 Å². The molecule has 2 aromatic rings. The van der Waals surface area contributed by atoms with Gasteiger partial charge in [-0.3, -0.25) is 4.90 Å². The molecule has 1 aliphatic heterocycles. The lowest BCUT2D eigenvalue weighted by Crippen LogP contribution is -2.40. The Morgan fingerprint density at radius 3 is 2.71 bits per heavy atom. The summed E-state index contributed by atoms with van der Waals surface area (Å²) in [4.78, 5) is 6.77. The fourth-order valence-corrected chi connectivity index (χ4v) is 2.75. The van der Waals surface area contributed by atoms with Gasteiger partial charge in [-0.1, -0.05) is 16.8 Å². The van der Waals surface area contributed by atoms with E-state index in [0.29, 0.717) is 23.5 Å². The first-order valence-corrected chi connectivity index (χ1v) is 7.59. The summed E-state index contributed by atoms with van der Waals surface area (Å²) in [6.45, 7) is 2.87. The standard InChI is InChI=1S/C15H19ClN4O/c1-20(13-6-8-17-9-7-13)10-14-18-15(21-19-14)11-2-4-12(16)5-3-11/h2-5,13,17H,6-10H2,1H3. The molecule has 0 unspecified atom stereocenters. The molecule has 0 saturated carbocycles. The van der Waals surface area contributed by atoms with Crippen molar-refractivity contribution in [1.82, 2.24) is 20.4 Å². The van der Waals surface area contributed by atoms with E-state index in [-0.39, 0.29) is 0 Å². The second-order valence-electron chi connectivity index (χ2n) is 5.42. The molecule has 1 aromatic carbocycles. The summed E-state index contributed by atoms with van der Waals surface area (Å²) in [7, 11) is 2.12. The van der Waals surface area contributed by atoms with Gasteiger partial charge in [0.05, 0.1) is 6.54 Å². The van der Waals surface area contributed by atoms with Crippen LogP contribution < -0.4 is 5.32 Å². The van der Waals surface area contributed by atoms with Gasteiger partial charge >= 0.3 is 0 Å². The highest BCUT2D eigenvalue weighted by Crippen LogP contribution is 2.20. The van der Waals surface area contributed by atoms with Crippen molar-refractivity contribution in [1.29, 1.82) is 0 Å². The molecule has 1 saturated heterocycles. The van der Waals surface area contributed by atoms with Crippen LogP contribution in [0.4, 0.5) is 0 Å². The van der Waals surface area contributed by atoms with E-state index in [1.165, 1.54) is 12.8 Å². The Morgan fingerprint density at radius 2 is 2.00 bits per heavy atom. The minimum absolute atomic E-state index is 0.542. The van der Waals surface area contributed by atoms with E-state index in [1.807, 2.05) is 24.3 Å². The molecular formula is C15H19ClN4O. The van der Waals surface area contributed by atoms with Crippen molar-refractivity contribution in [3.63, 3.8) is 0 Å². The van der Waals surface area contributed by atoms with Gasteiger partial charge in [0.25, 0.3) is 5.89 Å². The van der Waals surface area contributed by atoms with Crippen LogP contribution in [0.25, 0.3) is 11.5 Å². The number of halogens is 1. The van der Waals surface area contributed by atoms with Crippen LogP contribution in [0.5, 0.6) is 0 Å². The van der Waals surface area contributed by atoms with Gasteiger partial charge in [0.15, 0.2) is 5.82 Å². The molecule has 5 nitrogen and oxygen atoms in total. The average Bonchev–Trinajstić information content (AvgIpc) is 2.97. The van der Waals surface area contributed by atoms with Gasteiger partial charge in [-0.2, -0.15) is 4.98 Å². The third-order valence-corrected chi connectivity index (χ3v) is 4.13. The number of hydrogen-bond donors (Lipinski definition) is 1. The zero-order valence-electron chi connectivity index (χ0n) is 12.1. The van der Waals surface area contributed by atoms with Gasteiger partial charge in [0, 0.05) is 16.6 Å². The predicted octanol–water partition coefficient (Wildman–Crippen LogP) is 2.57. The first-order valence-electron chi connectivity index (χ1n) is 7.22. The summed E-state index contributed by atoms with van der Waals surface area (Å²) in [6, 6.07) is 8.00. The smallest absolute Gasteiger partial charge is 0.257 e. The first-order chi connectivity index (χ1) is 10.2. The molecule has 0 bridgehead atoms. The molecule has 0 amide bonds. The fourth-order valence-electron chi connectivity index (χ4n) is 2.63. The number of nitrogens with zero attached hydrogens (tertiary/aromatic N) is 3. The number of hydrogen-bond acceptors (Lipinski definition) is 5. The average molecular weight is 307 g/mol. The summed E-state index contributed by atoms with van der Waals surface area (Å²) in [6.07, 6.45) is 2.33. The number of rotatable bonds is 4. The van der Waals surface area contributed by atoms with Gasteiger partial charge < -0.3 is 9.84 Å². The van der Waals surface area contributed by atoms with E-state index in [1.54, 1.807) is 0 Å². The summed E-state index contributed by atoms with van der Waals surface area (Å²) >= 11 is 5.88. The largest absolute Gasteiger partial charge is 0.334 e. The minimum atomic E-state index is 0.542. The second kappa shape index (κ2) is 6.56. The molecule has 1 fully saturated rings. The van der Waals surface area contributed by atoms with Crippen molar-refractivity contribution in [2.24, 2.45) is 0 Å². The van der Waals surface area contributed by atoms with Crippen LogP contribution in [0.2, 0.25) is 5.02 Å². The van der Waals surface area contributed by atoms with E-state index in [0.717, 1.165) is 24.5 Å². The number of piperidine rings is 1. The molecule has 6 heteroatoms. The Hall–Kier alpha value is -1.43. The van der Waals surface area contributed by atoms with E-state index >= 15 is 0 Å². The molecule has 0 spiro atoms. The van der Waals surface area contributed by atoms with Crippen molar-refractivity contribution in [3.8, 4) is 11.5 Å². The third kappa shape index (κ3) is 3.61. The Kier molecular flexibility index (Phi) is 4.53. The van der Waals surface area contributed by atoms with Gasteiger partial charge in [-0.25, -0.2) is 0 Å². The van der Waals surface area contributed by atoms with Gasteiger partial charge in [-0.15, -0.1) is 0 Å². The monoisotopic (exact) mass is 306 g/mol. The zero-order chi connectivity index (χ0) is 14.7. The van der Waals surface area contributed by atoms with E-state index in [2.05, 4.69) is 27.4 Å². The van der Waals surface area contributed by atoms with Crippen LogP contribution >= 0.6 is 11.6 Å². The summed E-state index contributed by atoms with van der Waals surface area (Å²) < 4.78 is 5.34. The van der Waals surface area contributed by atoms with Crippen LogP contribution in [-0.4, -0.2) is 41.2 Å². The Labute approximate surface area is 129 Å². The van der Waals surface area contributed by atoms with E-state index in [9.17, 15) is 0 Å². The van der Waals surface area contributed by atoms with Gasteiger partial charge in [0.1, 0.15) is 0 Å². The number of nitrogens with one attached hydrogen (secondary N) is 1. The van der Waals surface area contributed by atoms with Crippen LogP contribution in [0.15, 0.2) is 28.8 Å². The topological polar surface area (TPSA) is 54.2 Å². The zero-order valence-corrected chi connectivity index (χ0v) is 12.8. The number of aromatic nitrogens is 2. The highest BCUT2D eigenvalue weighted by molar-refractivity contribution is 6.30. The maximum absolute atomic E-state index is 5.88. The van der Waals surface area contributed by atoms with Crippen LogP contribution in [0, 0.1) is 0 Å². The molecule has 0 aliphatic carbocycles. The highest BCUT2D eigenvalue weighted by atomic mass is 35.5.